The van der Waals surface area contributed by atoms with Crippen molar-refractivity contribution in [3.05, 3.63) is 35.4 Å². The summed E-state index contributed by atoms with van der Waals surface area (Å²) >= 11 is -2.58. The molecule has 128 valence electrons. The van der Waals surface area contributed by atoms with E-state index in [1.54, 1.807) is 31.2 Å². The van der Waals surface area contributed by atoms with Gasteiger partial charge >= 0.3 is 12.3 Å². The summed E-state index contributed by atoms with van der Waals surface area (Å²) in [7, 11) is 0. The zero-order chi connectivity index (χ0) is 17.2. The fraction of sp³-hybridized carbons (Fsp3) is 0.500. The topological polar surface area (TPSA) is 55.8 Å². The number of benzene rings is 1. The second kappa shape index (κ2) is 6.88. The Hall–Kier alpha value is -1.61. The van der Waals surface area contributed by atoms with Crippen LogP contribution in [0.1, 0.15) is 30.5 Å². The number of amides is 1. The minimum atomic E-state index is -4.67. The van der Waals surface area contributed by atoms with E-state index in [9.17, 15) is 22.2 Å². The Morgan fingerprint density at radius 1 is 1.39 bits per heavy atom. The summed E-state index contributed by atoms with van der Waals surface area (Å²) < 4.78 is 60.8. The lowest BCUT2D eigenvalue weighted by Gasteiger charge is -2.37. The summed E-state index contributed by atoms with van der Waals surface area (Å²) in [6.45, 7) is 3.38. The number of carbonyl (C=O) groups is 1. The monoisotopic (exact) mass is 351 g/mol. The number of nitrogens with zero attached hydrogens (tertiary/aromatic N) is 1. The predicted molar refractivity (Wildman–Crippen MR) is 76.5 cm³/mol. The van der Waals surface area contributed by atoms with Gasteiger partial charge in [-0.15, -0.1) is 0 Å². The Kier molecular flexibility index (Phi) is 5.30. The lowest BCUT2D eigenvalue weighted by atomic mass is 9.99. The first-order valence-electron chi connectivity index (χ1n) is 6.92. The van der Waals surface area contributed by atoms with E-state index >= 15 is 0 Å². The van der Waals surface area contributed by atoms with Gasteiger partial charge in [0.15, 0.2) is 6.10 Å². The molecule has 1 aliphatic heterocycles. The molecule has 1 heterocycles. The van der Waals surface area contributed by atoms with Crippen molar-refractivity contribution in [2.45, 2.75) is 38.6 Å². The number of aryl methyl sites for hydroxylation is 1. The van der Waals surface area contributed by atoms with Gasteiger partial charge in [-0.05, 0) is 19.4 Å². The van der Waals surface area contributed by atoms with E-state index in [0.717, 1.165) is 5.56 Å². The van der Waals surface area contributed by atoms with E-state index in [2.05, 4.69) is 4.18 Å². The molecule has 1 aromatic carbocycles. The lowest BCUT2D eigenvalue weighted by molar-refractivity contribution is -0.202. The Morgan fingerprint density at radius 2 is 2.00 bits per heavy atom. The van der Waals surface area contributed by atoms with E-state index in [1.807, 2.05) is 6.92 Å². The molecule has 0 radical (unpaired) electrons. The molecule has 0 bridgehead atoms. The number of alkyl halides is 3. The van der Waals surface area contributed by atoms with Crippen LogP contribution >= 0.6 is 0 Å². The molecule has 1 amide bonds. The highest BCUT2D eigenvalue weighted by Gasteiger charge is 2.50. The van der Waals surface area contributed by atoms with Crippen LogP contribution in [0.25, 0.3) is 0 Å². The summed E-state index contributed by atoms with van der Waals surface area (Å²) in [5.74, 6) is 0. The summed E-state index contributed by atoms with van der Waals surface area (Å²) in [6, 6.07) is 5.57. The van der Waals surface area contributed by atoms with Crippen LogP contribution in [0.5, 0.6) is 0 Å². The van der Waals surface area contributed by atoms with Crippen molar-refractivity contribution in [1.29, 1.82) is 0 Å². The van der Waals surface area contributed by atoms with Crippen LogP contribution in [0.2, 0.25) is 0 Å². The van der Waals surface area contributed by atoms with Crippen molar-refractivity contribution < 1.29 is 31.1 Å². The van der Waals surface area contributed by atoms with Gasteiger partial charge in [0, 0.05) is 6.42 Å². The number of hydrogen-bond donors (Lipinski definition) is 0. The van der Waals surface area contributed by atoms with Gasteiger partial charge in [-0.25, -0.2) is 9.00 Å². The van der Waals surface area contributed by atoms with Crippen molar-refractivity contribution in [3.63, 3.8) is 0 Å². The van der Waals surface area contributed by atoms with Gasteiger partial charge in [-0.2, -0.15) is 17.5 Å². The molecule has 3 atom stereocenters. The molecule has 9 heteroatoms. The lowest BCUT2D eigenvalue weighted by Crippen LogP contribution is -2.48. The van der Waals surface area contributed by atoms with Crippen LogP contribution in [-0.2, 0) is 20.2 Å². The van der Waals surface area contributed by atoms with E-state index in [0.29, 0.717) is 9.87 Å². The number of halogens is 3. The minimum absolute atomic E-state index is 0.00977. The first kappa shape index (κ1) is 17.7. The van der Waals surface area contributed by atoms with Crippen LogP contribution < -0.4 is 0 Å². The molecular formula is C14H16F3NO4S. The van der Waals surface area contributed by atoms with E-state index in [-0.39, 0.29) is 6.61 Å². The average molecular weight is 351 g/mol. The van der Waals surface area contributed by atoms with Crippen molar-refractivity contribution in [2.24, 2.45) is 0 Å². The van der Waals surface area contributed by atoms with Gasteiger partial charge < -0.3 is 4.74 Å². The predicted octanol–water partition coefficient (Wildman–Crippen LogP) is 3.42. The zero-order valence-electron chi connectivity index (χ0n) is 12.5. The maximum absolute atomic E-state index is 12.9. The van der Waals surface area contributed by atoms with Crippen LogP contribution in [-0.4, -0.2) is 33.5 Å². The number of rotatable bonds is 2. The second-order valence-electron chi connectivity index (χ2n) is 5.03. The van der Waals surface area contributed by atoms with Crippen molar-refractivity contribution in [2.75, 3.05) is 6.61 Å². The van der Waals surface area contributed by atoms with Crippen LogP contribution in [0.4, 0.5) is 18.0 Å². The van der Waals surface area contributed by atoms with Crippen molar-refractivity contribution in [3.8, 4) is 0 Å². The van der Waals surface area contributed by atoms with Crippen LogP contribution in [0, 0.1) is 6.92 Å². The summed E-state index contributed by atoms with van der Waals surface area (Å²) in [5, 5.41) is 0. The molecule has 0 spiro atoms. The highest BCUT2D eigenvalue weighted by atomic mass is 32.2. The Bertz CT molecular complexity index is 591. The average Bonchev–Trinajstić information content (AvgIpc) is 2.46. The summed E-state index contributed by atoms with van der Waals surface area (Å²) in [5.41, 5.74) is 1.35. The van der Waals surface area contributed by atoms with Gasteiger partial charge in [0.2, 0.25) is 0 Å². The Morgan fingerprint density at radius 3 is 2.52 bits per heavy atom. The smallest absolute Gasteiger partial charge is 0.424 e. The third-order valence-corrected chi connectivity index (χ3v) is 4.48. The van der Waals surface area contributed by atoms with Gasteiger partial charge in [0.1, 0.15) is 0 Å². The van der Waals surface area contributed by atoms with E-state index < -0.39 is 42.1 Å². The van der Waals surface area contributed by atoms with Gasteiger partial charge in [-0.3, -0.25) is 4.18 Å². The van der Waals surface area contributed by atoms with Crippen molar-refractivity contribution in [1.82, 2.24) is 4.31 Å². The highest BCUT2D eigenvalue weighted by Crippen LogP contribution is 2.39. The maximum Gasteiger partial charge on any atom is 0.424 e. The van der Waals surface area contributed by atoms with E-state index in [4.69, 9.17) is 4.74 Å². The third-order valence-electron chi connectivity index (χ3n) is 3.35. The standard InChI is InChI=1S/C14H16F3NO4S/c1-3-21-13(19)18-11(10-6-4-9(2)5-7-10)8-12(14(15,16)17)22-23(18)20/h4-7,11-12H,3,8H2,1-2H3/t11-,12+,23?/m1/s1. The third kappa shape index (κ3) is 4.03. The molecule has 0 aliphatic carbocycles. The minimum Gasteiger partial charge on any atom is -0.449 e. The molecule has 2 rings (SSSR count). The fourth-order valence-electron chi connectivity index (χ4n) is 2.21. The largest absolute Gasteiger partial charge is 0.449 e. The van der Waals surface area contributed by atoms with Gasteiger partial charge in [-0.1, -0.05) is 29.8 Å². The molecule has 1 aliphatic rings. The van der Waals surface area contributed by atoms with Crippen molar-refractivity contribution >= 4 is 17.4 Å². The molecule has 23 heavy (non-hydrogen) atoms. The summed E-state index contributed by atoms with van der Waals surface area (Å²) in [4.78, 5) is 12.0. The second-order valence-corrected chi connectivity index (χ2v) is 6.05. The zero-order valence-corrected chi connectivity index (χ0v) is 13.3. The Balaban J connectivity index is 2.37. The number of hydrogen-bond acceptors (Lipinski definition) is 4. The molecule has 1 aromatic rings. The first-order valence-corrected chi connectivity index (χ1v) is 7.95. The molecule has 1 unspecified atom stereocenters. The molecule has 1 saturated heterocycles. The normalized spacial score (nSPS) is 25.3. The molecular weight excluding hydrogens is 335 g/mol. The summed E-state index contributed by atoms with van der Waals surface area (Å²) in [6.07, 6.45) is -8.39. The molecule has 0 N–H and O–H groups in total. The maximum atomic E-state index is 12.9. The fourth-order valence-corrected chi connectivity index (χ4v) is 3.28. The first-order chi connectivity index (χ1) is 10.7. The molecule has 5 nitrogen and oxygen atoms in total. The molecule has 0 saturated carbocycles. The SMILES string of the molecule is CCOC(=O)N1[C@@H](c2ccc(C)cc2)C[C@@H](C(F)(F)F)OS1=O. The molecule has 0 aromatic heterocycles. The number of ether oxygens (including phenoxy) is 1. The highest BCUT2D eigenvalue weighted by molar-refractivity contribution is 7.78. The van der Waals surface area contributed by atoms with Crippen LogP contribution in [0.15, 0.2) is 24.3 Å². The van der Waals surface area contributed by atoms with Gasteiger partial charge in [0.05, 0.1) is 12.6 Å². The van der Waals surface area contributed by atoms with Crippen LogP contribution in [0.3, 0.4) is 0 Å². The Labute approximate surface area is 134 Å². The van der Waals surface area contributed by atoms with E-state index in [1.165, 1.54) is 0 Å². The quantitative estimate of drug-likeness (QED) is 0.819. The van der Waals surface area contributed by atoms with Gasteiger partial charge in [0.25, 0.3) is 11.3 Å². The number of carbonyl (C=O) groups excluding carboxylic acids is 1. The molecule has 1 fully saturated rings.